The first-order valence-electron chi connectivity index (χ1n) is 22.0. The molecule has 64 heavy (non-hydrogen) atoms. The maximum Gasteiger partial charge on any atom is 0.0622 e. The van der Waals surface area contributed by atoms with Crippen molar-refractivity contribution >= 4 is 113 Å². The van der Waals surface area contributed by atoms with Gasteiger partial charge in [-0.05, 0) is 107 Å². The summed E-state index contributed by atoms with van der Waals surface area (Å²) in [6.45, 7) is 0. The molecule has 0 fully saturated rings. The van der Waals surface area contributed by atoms with Crippen LogP contribution in [0, 0.1) is 0 Å². The number of fused-ring (bicyclic) bond motifs is 15. The quantitative estimate of drug-likeness (QED) is 0.168. The van der Waals surface area contributed by atoms with E-state index in [-0.39, 0.29) is 0 Å². The van der Waals surface area contributed by atoms with Crippen molar-refractivity contribution in [1.29, 1.82) is 0 Å². The summed E-state index contributed by atoms with van der Waals surface area (Å²) in [6.07, 6.45) is 0. The molecule has 15 rings (SSSR count). The molecule has 0 bridgehead atoms. The highest BCUT2D eigenvalue weighted by Gasteiger charge is 2.21. The van der Waals surface area contributed by atoms with E-state index in [1.54, 1.807) is 0 Å². The molecule has 5 aromatic heterocycles. The fourth-order valence-electron chi connectivity index (χ4n) is 11.1. The van der Waals surface area contributed by atoms with Crippen LogP contribution >= 0.6 is 11.3 Å². The van der Waals surface area contributed by atoms with Gasteiger partial charge in [-0.3, -0.25) is 0 Å². The fourth-order valence-corrected chi connectivity index (χ4v) is 12.2. The van der Waals surface area contributed by atoms with Crippen molar-refractivity contribution in [2.75, 3.05) is 0 Å². The molecule has 296 valence electrons. The Morgan fingerprint density at radius 3 is 1.22 bits per heavy atom. The lowest BCUT2D eigenvalue weighted by atomic mass is 9.98. The van der Waals surface area contributed by atoms with Crippen LogP contribution in [0.4, 0.5) is 0 Å². The lowest BCUT2D eigenvalue weighted by Crippen LogP contribution is -1.94. The van der Waals surface area contributed by atoms with Gasteiger partial charge in [-0.2, -0.15) is 0 Å². The zero-order valence-corrected chi connectivity index (χ0v) is 35.3. The van der Waals surface area contributed by atoms with E-state index in [0.29, 0.717) is 0 Å². The van der Waals surface area contributed by atoms with Gasteiger partial charge in [0.05, 0.1) is 38.6 Å². The smallest absolute Gasteiger partial charge is 0.0622 e. The van der Waals surface area contributed by atoms with Crippen molar-refractivity contribution in [3.63, 3.8) is 0 Å². The van der Waals surface area contributed by atoms with Gasteiger partial charge >= 0.3 is 0 Å². The van der Waals surface area contributed by atoms with Crippen molar-refractivity contribution in [3.05, 3.63) is 212 Å². The van der Waals surface area contributed by atoms with Crippen LogP contribution in [0.2, 0.25) is 0 Å². The lowest BCUT2D eigenvalue weighted by molar-refractivity contribution is 1.19. The SMILES string of the molecule is c1ccc2c(c1)sc1ccc(-n3c4ccccc4c4cc(-c5ccc(-c6ccc7c(c6)c6ccccc6n7-c6cc7c8ccccc8n8c9ccccc9c(c6)c78)cc5)ccc43)cc12. The average Bonchev–Trinajstić information content (AvgIpc) is 4.15. The van der Waals surface area contributed by atoms with Crippen LogP contribution in [0.1, 0.15) is 0 Å². The van der Waals surface area contributed by atoms with Crippen LogP contribution in [0.15, 0.2) is 212 Å². The maximum absolute atomic E-state index is 2.47. The molecule has 0 atom stereocenters. The number of rotatable bonds is 4. The molecule has 0 radical (unpaired) electrons. The zero-order valence-electron chi connectivity index (χ0n) is 34.5. The molecule has 15 aromatic rings. The molecule has 0 aliphatic rings. The summed E-state index contributed by atoms with van der Waals surface area (Å²) in [4.78, 5) is 0. The summed E-state index contributed by atoms with van der Waals surface area (Å²) in [7, 11) is 0. The minimum atomic E-state index is 1.18. The topological polar surface area (TPSA) is 14.3 Å². The van der Waals surface area contributed by atoms with E-state index in [1.165, 1.54) is 136 Å². The van der Waals surface area contributed by atoms with E-state index >= 15 is 0 Å². The Balaban J connectivity index is 0.833. The van der Waals surface area contributed by atoms with Crippen molar-refractivity contribution in [1.82, 2.24) is 13.5 Å². The first-order chi connectivity index (χ1) is 31.7. The number of hydrogen-bond acceptors (Lipinski definition) is 1. The molecule has 0 aliphatic carbocycles. The predicted octanol–water partition coefficient (Wildman–Crippen LogP) is 16.7. The second-order valence-corrected chi connectivity index (χ2v) is 18.4. The van der Waals surface area contributed by atoms with Crippen molar-refractivity contribution in [2.45, 2.75) is 0 Å². The number of para-hydroxylation sites is 4. The van der Waals surface area contributed by atoms with Crippen LogP contribution in [-0.2, 0) is 0 Å². The third-order valence-corrected chi connectivity index (χ3v) is 15.1. The summed E-state index contributed by atoms with van der Waals surface area (Å²) in [5, 5.41) is 12.8. The van der Waals surface area contributed by atoms with Crippen LogP contribution in [-0.4, -0.2) is 13.5 Å². The standard InChI is InChI=1S/C60H35N3S/c1-6-16-52-42(11-1)47-31-38(25-28-56(47)61(52)40-27-30-59-49(33-40)46-15-5-10-20-58(46)64-59)36-21-23-37(24-22-36)39-26-29-57-48(32-39)43-12-2-7-17-53(43)62(57)41-34-50-44-13-3-8-18-54(44)63-55-19-9-4-14-45(55)51(35-41)60(50)63/h1-35H. The molecule has 0 saturated carbocycles. The third kappa shape index (κ3) is 4.64. The average molecular weight is 830 g/mol. The normalized spacial score (nSPS) is 12.4. The molecule has 0 aliphatic heterocycles. The van der Waals surface area contributed by atoms with Gasteiger partial charge in [0, 0.05) is 74.6 Å². The molecule has 0 unspecified atom stereocenters. The van der Waals surface area contributed by atoms with Crippen molar-refractivity contribution < 1.29 is 0 Å². The number of nitrogens with zero attached hydrogens (tertiary/aromatic N) is 3. The highest BCUT2D eigenvalue weighted by atomic mass is 32.1. The highest BCUT2D eigenvalue weighted by Crippen LogP contribution is 2.44. The third-order valence-electron chi connectivity index (χ3n) is 14.0. The van der Waals surface area contributed by atoms with Gasteiger partial charge in [-0.25, -0.2) is 0 Å². The van der Waals surface area contributed by atoms with Crippen LogP contribution in [0.3, 0.4) is 0 Å². The summed E-state index contributed by atoms with van der Waals surface area (Å²) in [6, 6.07) is 78.9. The summed E-state index contributed by atoms with van der Waals surface area (Å²) >= 11 is 1.87. The Kier molecular flexibility index (Phi) is 6.83. The molecule has 0 spiro atoms. The van der Waals surface area contributed by atoms with Gasteiger partial charge in [-0.15, -0.1) is 11.3 Å². The second kappa shape index (κ2) is 12.7. The van der Waals surface area contributed by atoms with E-state index in [4.69, 9.17) is 0 Å². The highest BCUT2D eigenvalue weighted by molar-refractivity contribution is 7.25. The molecule has 10 aromatic carbocycles. The van der Waals surface area contributed by atoms with Crippen LogP contribution in [0.25, 0.3) is 136 Å². The molecule has 0 N–H and O–H groups in total. The van der Waals surface area contributed by atoms with Gasteiger partial charge < -0.3 is 13.5 Å². The van der Waals surface area contributed by atoms with Crippen LogP contribution in [0.5, 0.6) is 0 Å². The summed E-state index contributed by atoms with van der Waals surface area (Å²) < 4.78 is 10.0. The number of benzene rings is 10. The summed E-state index contributed by atoms with van der Waals surface area (Å²) in [5.41, 5.74) is 15.9. The van der Waals surface area contributed by atoms with Gasteiger partial charge in [-0.1, -0.05) is 127 Å². The van der Waals surface area contributed by atoms with Gasteiger partial charge in [0.2, 0.25) is 0 Å². The zero-order chi connectivity index (χ0) is 41.6. The fraction of sp³-hybridized carbons (Fsp3) is 0. The van der Waals surface area contributed by atoms with Gasteiger partial charge in [0.15, 0.2) is 0 Å². The van der Waals surface area contributed by atoms with E-state index < -0.39 is 0 Å². The molecule has 5 heterocycles. The molecular weight excluding hydrogens is 795 g/mol. The Hall–Kier alpha value is -8.18. The monoisotopic (exact) mass is 829 g/mol. The van der Waals surface area contributed by atoms with Gasteiger partial charge in [0.1, 0.15) is 0 Å². The number of thiophene rings is 1. The molecule has 0 amide bonds. The number of aromatic nitrogens is 3. The Labute approximate surface area is 370 Å². The van der Waals surface area contributed by atoms with Gasteiger partial charge in [0.25, 0.3) is 0 Å². The van der Waals surface area contributed by atoms with E-state index in [0.717, 1.165) is 0 Å². The Morgan fingerprint density at radius 1 is 0.250 bits per heavy atom. The Morgan fingerprint density at radius 2 is 0.656 bits per heavy atom. The Bertz CT molecular complexity index is 4340. The van der Waals surface area contributed by atoms with E-state index in [2.05, 4.69) is 226 Å². The molecule has 3 nitrogen and oxygen atoms in total. The van der Waals surface area contributed by atoms with E-state index in [9.17, 15) is 0 Å². The minimum absolute atomic E-state index is 1.18. The first-order valence-corrected chi connectivity index (χ1v) is 22.8. The number of hydrogen-bond donors (Lipinski definition) is 0. The van der Waals surface area contributed by atoms with Crippen molar-refractivity contribution in [3.8, 4) is 33.6 Å². The van der Waals surface area contributed by atoms with Crippen LogP contribution < -0.4 is 0 Å². The second-order valence-electron chi connectivity index (χ2n) is 17.3. The summed E-state index contributed by atoms with van der Waals surface area (Å²) in [5.74, 6) is 0. The maximum atomic E-state index is 2.47. The molecule has 4 heteroatoms. The first kappa shape index (κ1) is 34.4. The van der Waals surface area contributed by atoms with E-state index in [1.807, 2.05) is 11.3 Å². The molecule has 0 saturated heterocycles. The van der Waals surface area contributed by atoms with Crippen molar-refractivity contribution in [2.24, 2.45) is 0 Å². The minimum Gasteiger partial charge on any atom is -0.309 e. The molecular formula is C60H35N3S. The lowest BCUT2D eigenvalue weighted by Gasteiger charge is -2.10. The predicted molar refractivity (Wildman–Crippen MR) is 274 cm³/mol. The largest absolute Gasteiger partial charge is 0.309 e.